The second-order valence-electron chi connectivity index (χ2n) is 20.1. The molecule has 3 fully saturated rings. The lowest BCUT2D eigenvalue weighted by Crippen LogP contribution is -2.61. The van der Waals surface area contributed by atoms with Crippen LogP contribution in [0.3, 0.4) is 0 Å². The lowest BCUT2D eigenvalue weighted by atomic mass is 9.78. The number of piperidine rings is 1. The molecule has 388 valence electrons. The number of hydrogen-bond donors (Lipinski definition) is 2. The highest BCUT2D eigenvalue weighted by atomic mass is 16.7. The van der Waals surface area contributed by atoms with E-state index in [2.05, 4.69) is 0 Å². The summed E-state index contributed by atoms with van der Waals surface area (Å²) in [5.41, 5.74) is 1.24. The summed E-state index contributed by atoms with van der Waals surface area (Å²) in [6.07, 6.45) is 9.82. The minimum absolute atomic E-state index is 0.00626. The summed E-state index contributed by atoms with van der Waals surface area (Å²) in [6, 6.07) is -1.17. The van der Waals surface area contributed by atoms with Crippen molar-refractivity contribution in [1.82, 2.24) is 4.90 Å². The molecule has 0 aromatic rings. The van der Waals surface area contributed by atoms with Gasteiger partial charge in [0.2, 0.25) is 5.79 Å². The standard InChI is InChI=1S/C53H81NO15/c1-31-17-13-12-14-18-32(2)43(63-8)29-39-22-20-37(7)53(62,69-39)49(58)50(59)54-24-16-15-19-40(54)51(60)67-44(34(4)27-38-21-23-42(45(28-38)64-9)68-52(61)66-11)30-41(55)33(3)26-36(6)47(57)48(65-10)46(56)35(5)25-31/h12-14,17-18,26,31,33-35,37-40,42-45,47-48,57,62H,15-16,19-25,27-30H2,1-11H3/b14-12+,17-13+,32-18+,36-26+/t31-,33-,34-,35-,37-,38+,39+,40+,42-,43+,44+,45-,47-,48+,53-/m1/s1. The van der Waals surface area contributed by atoms with E-state index in [1.807, 2.05) is 51.2 Å². The molecule has 1 aliphatic carbocycles. The van der Waals surface area contributed by atoms with Crippen molar-refractivity contribution in [2.24, 2.45) is 35.5 Å². The third-order valence-corrected chi connectivity index (χ3v) is 14.9. The number of esters is 1. The molecule has 1 saturated carbocycles. The van der Waals surface area contributed by atoms with Crippen LogP contribution in [0.25, 0.3) is 0 Å². The Labute approximate surface area is 409 Å². The van der Waals surface area contributed by atoms with Gasteiger partial charge in [0.25, 0.3) is 11.7 Å². The predicted molar refractivity (Wildman–Crippen MR) is 256 cm³/mol. The van der Waals surface area contributed by atoms with Gasteiger partial charge in [-0.1, -0.05) is 71.1 Å². The van der Waals surface area contributed by atoms with Gasteiger partial charge in [0, 0.05) is 58.5 Å². The maximum atomic E-state index is 14.5. The Hall–Kier alpha value is -4.06. The first-order valence-electron chi connectivity index (χ1n) is 24.9. The zero-order valence-corrected chi connectivity index (χ0v) is 42.9. The molecule has 4 aliphatic rings. The van der Waals surface area contributed by atoms with Gasteiger partial charge in [-0.05, 0) is 107 Å². The average Bonchev–Trinajstić information content (AvgIpc) is 3.33. The van der Waals surface area contributed by atoms with E-state index in [1.165, 1.54) is 19.1 Å². The molecule has 1 amide bonds. The van der Waals surface area contributed by atoms with Gasteiger partial charge in [-0.25, -0.2) is 9.59 Å². The SMILES string of the molecule is COC(=O)O[C@@H]1CC[C@@H](C[C@@H](C)[C@@H]2CC(=O)[C@H](C)/C=C(\C)[C@@H](O)[C@@H](OC)C(=O)[C@H](C)C[C@H](C)/C=C/C=C/C=C(\C)[C@@H](OC)C[C@@H]3CC[C@@H](C)[C@@](O)(O3)C(=O)C(=O)N3CCCC[C@H]3C(=O)O2)C[C@H]1OC. The summed E-state index contributed by atoms with van der Waals surface area (Å²) < 4.78 is 39.7. The number of methoxy groups -OCH3 is 4. The van der Waals surface area contributed by atoms with Crippen molar-refractivity contribution in [3.05, 3.63) is 47.6 Å². The molecule has 69 heavy (non-hydrogen) atoms. The van der Waals surface area contributed by atoms with E-state index < -0.39 is 102 Å². The van der Waals surface area contributed by atoms with Crippen molar-refractivity contribution in [3.63, 3.8) is 0 Å². The Bertz CT molecular complexity index is 1890. The van der Waals surface area contributed by atoms with Crippen LogP contribution in [0.1, 0.15) is 126 Å². The number of carbonyl (C=O) groups excluding carboxylic acids is 6. The number of nitrogens with zero attached hydrogens (tertiary/aromatic N) is 1. The minimum Gasteiger partial charge on any atom is -0.460 e. The number of fused-ring (bicyclic) bond motifs is 3. The average molecular weight is 972 g/mol. The summed E-state index contributed by atoms with van der Waals surface area (Å²) in [4.78, 5) is 84.1. The molecule has 3 heterocycles. The third-order valence-electron chi connectivity index (χ3n) is 14.9. The number of aliphatic hydroxyl groups is 2. The molecule has 2 saturated heterocycles. The van der Waals surface area contributed by atoms with Crippen LogP contribution < -0.4 is 0 Å². The molecule has 0 unspecified atom stereocenters. The zero-order valence-electron chi connectivity index (χ0n) is 42.9. The fourth-order valence-corrected chi connectivity index (χ4v) is 10.4. The molecule has 15 atom stereocenters. The summed E-state index contributed by atoms with van der Waals surface area (Å²) in [7, 11) is 5.72. The molecule has 3 aliphatic heterocycles. The van der Waals surface area contributed by atoms with Gasteiger partial charge < -0.3 is 48.3 Å². The molecule has 0 radical (unpaired) electrons. The van der Waals surface area contributed by atoms with Gasteiger partial charge in [-0.3, -0.25) is 19.2 Å². The highest BCUT2D eigenvalue weighted by Gasteiger charge is 2.53. The molecule has 16 nitrogen and oxygen atoms in total. The number of ether oxygens (including phenoxy) is 7. The van der Waals surface area contributed by atoms with Crippen LogP contribution in [0.2, 0.25) is 0 Å². The third kappa shape index (κ3) is 15.5. The number of hydrogen-bond acceptors (Lipinski definition) is 15. The number of ketones is 3. The van der Waals surface area contributed by atoms with E-state index in [4.69, 9.17) is 33.2 Å². The maximum absolute atomic E-state index is 14.5. The van der Waals surface area contributed by atoms with Crippen LogP contribution >= 0.6 is 0 Å². The monoisotopic (exact) mass is 972 g/mol. The van der Waals surface area contributed by atoms with Crippen LogP contribution in [0, 0.1) is 35.5 Å². The van der Waals surface area contributed by atoms with Gasteiger partial charge in [0.05, 0.1) is 25.4 Å². The van der Waals surface area contributed by atoms with E-state index in [0.717, 1.165) is 5.57 Å². The Morgan fingerprint density at radius 2 is 1.58 bits per heavy atom. The van der Waals surface area contributed by atoms with Crippen LogP contribution in [0.15, 0.2) is 47.6 Å². The number of Topliss-reactive ketones (excluding diaryl/α,β-unsaturated/α-hetero) is 3. The van der Waals surface area contributed by atoms with E-state index >= 15 is 0 Å². The summed E-state index contributed by atoms with van der Waals surface area (Å²) in [5.74, 6) is -8.30. The molecule has 2 N–H and O–H groups in total. The van der Waals surface area contributed by atoms with Gasteiger partial charge in [0.15, 0.2) is 5.78 Å². The zero-order chi connectivity index (χ0) is 51.2. The number of carbonyl (C=O) groups is 6. The van der Waals surface area contributed by atoms with Gasteiger partial charge in [0.1, 0.15) is 36.2 Å². The number of aliphatic hydroxyl groups excluding tert-OH is 1. The first-order chi connectivity index (χ1) is 32.7. The molecular weight excluding hydrogens is 891 g/mol. The molecule has 16 heteroatoms. The first-order valence-corrected chi connectivity index (χ1v) is 24.9. The second kappa shape index (κ2) is 27.0. The molecule has 4 rings (SSSR count). The van der Waals surface area contributed by atoms with Gasteiger partial charge in [-0.2, -0.15) is 0 Å². The fraction of sp³-hybridized carbons (Fsp3) is 0.736. The highest BCUT2D eigenvalue weighted by molar-refractivity contribution is 6.39. The lowest BCUT2D eigenvalue weighted by Gasteiger charge is -2.42. The smallest absolute Gasteiger partial charge is 0.460 e. The van der Waals surface area contributed by atoms with E-state index in [-0.39, 0.29) is 42.8 Å². The largest absolute Gasteiger partial charge is 0.508 e. The van der Waals surface area contributed by atoms with Crippen molar-refractivity contribution in [2.45, 2.75) is 180 Å². The number of allylic oxidation sites excluding steroid dienone is 6. The Kier molecular flexibility index (Phi) is 22.5. The Morgan fingerprint density at radius 3 is 2.25 bits per heavy atom. The van der Waals surface area contributed by atoms with Crippen LogP contribution in [-0.2, 0) is 57.1 Å². The Morgan fingerprint density at radius 1 is 0.855 bits per heavy atom. The van der Waals surface area contributed by atoms with E-state index in [1.54, 1.807) is 48.0 Å². The molecule has 0 aromatic carbocycles. The number of rotatable bonds is 7. The fourth-order valence-electron chi connectivity index (χ4n) is 10.4. The second-order valence-corrected chi connectivity index (χ2v) is 20.1. The summed E-state index contributed by atoms with van der Waals surface area (Å²) in [5, 5.41) is 23.4. The highest BCUT2D eigenvalue weighted by Crippen LogP contribution is 2.38. The number of amides is 1. The molecular formula is C53H81NO15. The molecule has 2 bridgehead atoms. The van der Waals surface area contributed by atoms with E-state index in [9.17, 15) is 39.0 Å². The first kappa shape index (κ1) is 57.5. The summed E-state index contributed by atoms with van der Waals surface area (Å²) >= 11 is 0. The predicted octanol–water partition coefficient (Wildman–Crippen LogP) is 6.97. The topological polar surface area (TPSA) is 211 Å². The van der Waals surface area contributed by atoms with Crippen molar-refractivity contribution in [3.8, 4) is 0 Å². The van der Waals surface area contributed by atoms with Gasteiger partial charge >= 0.3 is 12.1 Å². The molecule has 0 spiro atoms. The minimum atomic E-state index is -2.45. The normalized spacial score (nSPS) is 38.6. The van der Waals surface area contributed by atoms with Crippen molar-refractivity contribution < 1.29 is 72.1 Å². The Balaban J connectivity index is 1.70. The maximum Gasteiger partial charge on any atom is 0.508 e. The van der Waals surface area contributed by atoms with Crippen LogP contribution in [0.5, 0.6) is 0 Å². The van der Waals surface area contributed by atoms with Crippen molar-refractivity contribution in [1.29, 1.82) is 0 Å². The van der Waals surface area contributed by atoms with E-state index in [0.29, 0.717) is 69.8 Å². The lowest BCUT2D eigenvalue weighted by molar-refractivity contribution is -0.265. The van der Waals surface area contributed by atoms with Crippen molar-refractivity contribution in [2.75, 3.05) is 35.0 Å². The van der Waals surface area contributed by atoms with Crippen LogP contribution in [0.4, 0.5) is 4.79 Å². The quantitative estimate of drug-likeness (QED) is 0.150. The van der Waals surface area contributed by atoms with Crippen LogP contribution in [-0.4, -0.2) is 140 Å². The van der Waals surface area contributed by atoms with Crippen molar-refractivity contribution >= 4 is 35.4 Å². The van der Waals surface area contributed by atoms with Gasteiger partial charge in [-0.15, -0.1) is 0 Å². The summed E-state index contributed by atoms with van der Waals surface area (Å²) in [6.45, 7) is 12.6. The number of cyclic esters (lactones) is 1. The molecule has 0 aromatic heterocycles.